The maximum atomic E-state index is 13.3. The number of aromatic nitrogens is 3. The molecule has 3 aliphatic rings. The number of fused-ring (bicyclic) bond motifs is 2. The van der Waals surface area contributed by atoms with Gasteiger partial charge < -0.3 is 14.8 Å². The number of hydrogen-bond donors (Lipinski definition) is 1. The summed E-state index contributed by atoms with van der Waals surface area (Å²) < 4.78 is 3.62. The summed E-state index contributed by atoms with van der Waals surface area (Å²) in [7, 11) is 0. The third kappa shape index (κ3) is 5.33. The molecule has 2 aliphatic heterocycles. The number of piperidine rings is 1. The molecule has 1 amide bonds. The number of likely N-dealkylation sites (tertiary alicyclic amines) is 1. The van der Waals surface area contributed by atoms with E-state index in [9.17, 15) is 4.79 Å². The predicted octanol–water partition coefficient (Wildman–Crippen LogP) is 5.18. The van der Waals surface area contributed by atoms with Crippen molar-refractivity contribution in [3.8, 4) is 0 Å². The number of carbonyl (C=O) groups is 1. The van der Waals surface area contributed by atoms with Crippen LogP contribution in [0.3, 0.4) is 0 Å². The van der Waals surface area contributed by atoms with Gasteiger partial charge in [-0.05, 0) is 61.3 Å². The molecule has 3 aromatic rings. The minimum atomic E-state index is -0.192. The zero-order chi connectivity index (χ0) is 26.8. The summed E-state index contributed by atoms with van der Waals surface area (Å²) in [6.07, 6.45) is 11.5. The number of pyridine rings is 1. The summed E-state index contributed by atoms with van der Waals surface area (Å²) in [5, 5.41) is 3.81. The number of nitrogens with zero attached hydrogens (tertiary/aromatic N) is 5. The minimum Gasteiger partial charge on any atom is -0.353 e. The van der Waals surface area contributed by atoms with Gasteiger partial charge in [0, 0.05) is 54.7 Å². The molecule has 2 aromatic heterocycles. The van der Waals surface area contributed by atoms with Crippen molar-refractivity contribution in [3.63, 3.8) is 0 Å². The molecule has 8 heteroatoms. The molecule has 1 N–H and O–H groups in total. The maximum Gasteiger partial charge on any atom is 0.259 e. The van der Waals surface area contributed by atoms with E-state index in [1.165, 1.54) is 9.33 Å². The summed E-state index contributed by atoms with van der Waals surface area (Å²) in [4.78, 5) is 29.8. The van der Waals surface area contributed by atoms with E-state index in [4.69, 9.17) is 4.98 Å². The Hall–Kier alpha value is -2.85. The van der Waals surface area contributed by atoms with Crippen LogP contribution in [-0.4, -0.2) is 70.5 Å². The van der Waals surface area contributed by atoms with E-state index in [2.05, 4.69) is 72.9 Å². The molecule has 1 saturated heterocycles. The average Bonchev–Trinajstić information content (AvgIpc) is 3.46. The normalized spacial score (nSPS) is 19.6. The van der Waals surface area contributed by atoms with Crippen LogP contribution in [0, 0.1) is 0 Å². The van der Waals surface area contributed by atoms with Crippen molar-refractivity contribution >= 4 is 42.3 Å². The second-order valence-electron chi connectivity index (χ2n) is 10.6. The number of allylic oxidation sites excluding steroid dienone is 1. The van der Waals surface area contributed by atoms with Crippen molar-refractivity contribution in [1.82, 2.24) is 24.3 Å². The first kappa shape index (κ1) is 26.4. The highest BCUT2D eigenvalue weighted by molar-refractivity contribution is 14.2. The van der Waals surface area contributed by atoms with E-state index < -0.39 is 0 Å². The minimum absolute atomic E-state index is 0.190. The number of amides is 1. The number of rotatable bonds is 8. The molecular weight excluding hydrogens is 599 g/mol. The highest BCUT2D eigenvalue weighted by atomic mass is 127. The first-order chi connectivity index (χ1) is 19.2. The average molecular weight is 637 g/mol. The van der Waals surface area contributed by atoms with E-state index >= 15 is 0 Å². The van der Waals surface area contributed by atoms with Gasteiger partial charge in [-0.15, -0.1) is 0 Å². The SMILES string of the molecule is CCC(CN1C(=O)c2ccccc2C1=IC)N1CCC(Nc2nc3c(n2Cc2ccccn2)CCC=C3)CC1. The van der Waals surface area contributed by atoms with Gasteiger partial charge in [0.25, 0.3) is 5.91 Å². The molecule has 204 valence electrons. The Morgan fingerprint density at radius 3 is 2.64 bits per heavy atom. The van der Waals surface area contributed by atoms with Crippen LogP contribution >= 0.6 is 20.7 Å². The quantitative estimate of drug-likeness (QED) is 0.273. The Kier molecular flexibility index (Phi) is 7.92. The van der Waals surface area contributed by atoms with Gasteiger partial charge in [-0.2, -0.15) is 0 Å². The molecule has 4 heterocycles. The van der Waals surface area contributed by atoms with Gasteiger partial charge in [-0.25, -0.2) is 4.98 Å². The van der Waals surface area contributed by atoms with Gasteiger partial charge in [0.1, 0.15) is 0 Å². The molecule has 7 nitrogen and oxygen atoms in total. The standard InChI is InChI=1S/C31H37IN6O/c1-3-24(21-38-29(32-2)25-11-4-5-12-26(25)30(38)39)36-18-15-22(16-19-36)34-31-35-27-13-6-7-14-28(27)37(31)20-23-10-8-9-17-33-23/h4-6,8-13,17,22,24H,3,7,14-16,18-21H2,1-2H3,(H,34,35). The Balaban J connectivity index is 1.12. The van der Waals surface area contributed by atoms with Crippen molar-refractivity contribution in [2.24, 2.45) is 0 Å². The maximum absolute atomic E-state index is 13.3. The molecule has 1 fully saturated rings. The van der Waals surface area contributed by atoms with Crippen LogP contribution in [0.15, 0.2) is 54.7 Å². The first-order valence-corrected chi connectivity index (χ1v) is 17.3. The molecule has 1 aliphatic carbocycles. The summed E-state index contributed by atoms with van der Waals surface area (Å²) in [6, 6.07) is 15.0. The van der Waals surface area contributed by atoms with Gasteiger partial charge in [-0.3, -0.25) is 14.7 Å². The summed E-state index contributed by atoms with van der Waals surface area (Å²) in [6.45, 7) is 5.85. The van der Waals surface area contributed by atoms with Crippen molar-refractivity contribution in [2.45, 2.75) is 57.7 Å². The van der Waals surface area contributed by atoms with Crippen LogP contribution in [0.1, 0.15) is 65.6 Å². The first-order valence-electron chi connectivity index (χ1n) is 14.1. The van der Waals surface area contributed by atoms with Gasteiger partial charge in [0.2, 0.25) is 5.95 Å². The lowest BCUT2D eigenvalue weighted by atomic mass is 10.0. The molecule has 39 heavy (non-hydrogen) atoms. The number of halogens is 1. The Morgan fingerprint density at radius 1 is 1.10 bits per heavy atom. The zero-order valence-corrected chi connectivity index (χ0v) is 25.0. The van der Waals surface area contributed by atoms with Crippen molar-refractivity contribution in [1.29, 1.82) is 0 Å². The molecule has 0 saturated carbocycles. The van der Waals surface area contributed by atoms with Crippen LogP contribution in [0.4, 0.5) is 5.95 Å². The predicted molar refractivity (Wildman–Crippen MR) is 167 cm³/mol. The second-order valence-corrected chi connectivity index (χ2v) is 12.7. The summed E-state index contributed by atoms with van der Waals surface area (Å²) in [5.74, 6) is 1.16. The van der Waals surface area contributed by atoms with E-state index in [0.717, 1.165) is 86.7 Å². The number of imidazole rings is 1. The van der Waals surface area contributed by atoms with Gasteiger partial charge in [0.05, 0.1) is 21.6 Å². The van der Waals surface area contributed by atoms with Crippen molar-refractivity contribution in [2.75, 3.05) is 29.9 Å². The lowest BCUT2D eigenvalue weighted by Crippen LogP contribution is -2.50. The van der Waals surface area contributed by atoms with Gasteiger partial charge in [0.15, 0.2) is 0 Å². The lowest BCUT2D eigenvalue weighted by molar-refractivity contribution is 0.0790. The molecule has 1 aromatic carbocycles. The third-order valence-corrected chi connectivity index (χ3v) is 10.4. The third-order valence-electron chi connectivity index (χ3n) is 8.26. The Morgan fingerprint density at radius 2 is 1.90 bits per heavy atom. The molecule has 1 atom stereocenters. The topological polar surface area (TPSA) is 66.3 Å². The lowest BCUT2D eigenvalue weighted by Gasteiger charge is -2.39. The number of benzene rings is 1. The van der Waals surface area contributed by atoms with E-state index in [-0.39, 0.29) is 26.6 Å². The monoisotopic (exact) mass is 636 g/mol. The highest BCUT2D eigenvalue weighted by Gasteiger charge is 2.35. The highest BCUT2D eigenvalue weighted by Crippen LogP contribution is 2.29. The van der Waals surface area contributed by atoms with Crippen molar-refractivity contribution < 1.29 is 4.79 Å². The van der Waals surface area contributed by atoms with Crippen LogP contribution in [0.2, 0.25) is 0 Å². The second kappa shape index (κ2) is 11.7. The van der Waals surface area contributed by atoms with Crippen LogP contribution in [0.25, 0.3) is 6.08 Å². The zero-order valence-electron chi connectivity index (χ0n) is 22.8. The largest absolute Gasteiger partial charge is 0.353 e. The fraction of sp³-hybridized carbons (Fsp3) is 0.419. The molecular formula is C31H37IN6O. The van der Waals surface area contributed by atoms with E-state index in [1.54, 1.807) is 0 Å². The number of carbonyl (C=O) groups excluding carboxylic acids is 1. The smallest absolute Gasteiger partial charge is 0.259 e. The summed E-state index contributed by atoms with van der Waals surface area (Å²) >= 11 is -0.192. The van der Waals surface area contributed by atoms with Gasteiger partial charge in [-0.1, -0.05) is 58.0 Å². The van der Waals surface area contributed by atoms with Crippen molar-refractivity contribution in [3.05, 3.63) is 82.9 Å². The van der Waals surface area contributed by atoms with Crippen LogP contribution < -0.4 is 5.32 Å². The molecule has 0 radical (unpaired) electrons. The molecule has 0 bridgehead atoms. The Labute approximate surface area is 241 Å². The van der Waals surface area contributed by atoms with Crippen LogP contribution in [0.5, 0.6) is 0 Å². The van der Waals surface area contributed by atoms with Crippen LogP contribution in [-0.2, 0) is 13.0 Å². The Bertz CT molecular complexity index is 1390. The number of alkyl halides is 1. The number of anilines is 1. The van der Waals surface area contributed by atoms with Gasteiger partial charge >= 0.3 is 0 Å². The number of hydrogen-bond acceptors (Lipinski definition) is 5. The van der Waals surface area contributed by atoms with E-state index in [1.807, 2.05) is 24.4 Å². The number of nitrogens with one attached hydrogen (secondary N) is 1. The fourth-order valence-electron chi connectivity index (χ4n) is 6.15. The van der Waals surface area contributed by atoms with E-state index in [0.29, 0.717) is 12.1 Å². The molecule has 0 spiro atoms. The molecule has 1 unspecified atom stereocenters. The summed E-state index contributed by atoms with van der Waals surface area (Å²) in [5.41, 5.74) is 5.49. The fourth-order valence-corrected chi connectivity index (χ4v) is 8.20. The molecule has 6 rings (SSSR count).